The highest BCUT2D eigenvalue weighted by molar-refractivity contribution is 6.16. The maximum absolute atomic E-state index is 13.0. The van der Waals surface area contributed by atoms with E-state index in [1.165, 1.54) is 16.5 Å². The summed E-state index contributed by atoms with van der Waals surface area (Å²) in [6, 6.07) is 1.78. The Kier molecular flexibility index (Phi) is 5.24. The predicted octanol–water partition coefficient (Wildman–Crippen LogP) is 2.55. The summed E-state index contributed by atoms with van der Waals surface area (Å²) in [5.41, 5.74) is 1.59. The Bertz CT molecular complexity index is 1100. The number of methoxy groups -OCH3 is 1. The van der Waals surface area contributed by atoms with E-state index in [4.69, 9.17) is 4.74 Å². The largest absolute Gasteiger partial charge is 0.479 e. The van der Waals surface area contributed by atoms with Crippen LogP contribution in [0.4, 0.5) is 5.82 Å². The molecule has 3 heterocycles. The fourth-order valence-electron chi connectivity index (χ4n) is 3.77. The zero-order valence-electron chi connectivity index (χ0n) is 18.5. The van der Waals surface area contributed by atoms with E-state index in [2.05, 4.69) is 25.5 Å². The predicted molar refractivity (Wildman–Crippen MR) is 116 cm³/mol. The average molecular weight is 425 g/mol. The van der Waals surface area contributed by atoms with Crippen LogP contribution in [0.1, 0.15) is 62.5 Å². The Morgan fingerprint density at radius 3 is 2.71 bits per heavy atom. The SMILES string of the molecule is COc1nn(C)cc1C(=O)Nc1cc(C(C)(C)C)nn1C1=NC(=O)C2CCCCC2=N1. The molecule has 2 amide bonds. The van der Waals surface area contributed by atoms with Crippen LogP contribution < -0.4 is 10.1 Å². The number of aryl methyl sites for hydroxylation is 1. The van der Waals surface area contributed by atoms with Gasteiger partial charge in [0.25, 0.3) is 17.8 Å². The van der Waals surface area contributed by atoms with Gasteiger partial charge in [-0.15, -0.1) is 5.10 Å². The molecule has 2 aliphatic rings. The Hall–Kier alpha value is -3.30. The molecule has 1 atom stereocenters. The third-order valence-corrected chi connectivity index (χ3v) is 5.47. The van der Waals surface area contributed by atoms with Crippen LogP contribution in [0, 0.1) is 5.92 Å². The summed E-state index contributed by atoms with van der Waals surface area (Å²) < 4.78 is 8.15. The van der Waals surface area contributed by atoms with Crippen LogP contribution in [-0.2, 0) is 17.3 Å². The number of carbonyl (C=O) groups excluding carboxylic acids is 2. The minimum absolute atomic E-state index is 0.183. The fraction of sp³-hybridized carbons (Fsp3) is 0.524. The minimum atomic E-state index is -0.405. The molecule has 2 aromatic heterocycles. The van der Waals surface area contributed by atoms with Crippen molar-refractivity contribution in [2.24, 2.45) is 23.0 Å². The van der Waals surface area contributed by atoms with Gasteiger partial charge < -0.3 is 10.1 Å². The van der Waals surface area contributed by atoms with Crippen molar-refractivity contribution in [1.82, 2.24) is 19.6 Å². The van der Waals surface area contributed by atoms with Crippen molar-refractivity contribution < 1.29 is 14.3 Å². The number of ether oxygens (including phenoxy) is 1. The van der Waals surface area contributed by atoms with Gasteiger partial charge in [-0.1, -0.05) is 27.2 Å². The third kappa shape index (κ3) is 4.01. The lowest BCUT2D eigenvalue weighted by Gasteiger charge is -2.24. The third-order valence-electron chi connectivity index (χ3n) is 5.47. The number of carbonyl (C=O) groups is 2. The zero-order chi connectivity index (χ0) is 22.3. The molecule has 31 heavy (non-hydrogen) atoms. The van der Waals surface area contributed by atoms with Crippen molar-refractivity contribution in [2.45, 2.75) is 51.9 Å². The van der Waals surface area contributed by atoms with Crippen molar-refractivity contribution in [3.8, 4) is 5.88 Å². The first-order valence-electron chi connectivity index (χ1n) is 10.4. The van der Waals surface area contributed by atoms with E-state index < -0.39 is 5.91 Å². The number of aliphatic imine (C=N–C) groups is 2. The molecule has 0 bridgehead atoms. The van der Waals surface area contributed by atoms with Crippen molar-refractivity contribution in [1.29, 1.82) is 0 Å². The van der Waals surface area contributed by atoms with Gasteiger partial charge >= 0.3 is 0 Å². The summed E-state index contributed by atoms with van der Waals surface area (Å²) in [6.45, 7) is 6.06. The average Bonchev–Trinajstić information content (AvgIpc) is 3.31. The molecule has 1 aliphatic heterocycles. The summed E-state index contributed by atoms with van der Waals surface area (Å²) >= 11 is 0. The van der Waals surface area contributed by atoms with Gasteiger partial charge in [-0.3, -0.25) is 14.3 Å². The minimum Gasteiger partial charge on any atom is -0.479 e. The Morgan fingerprint density at radius 2 is 2.00 bits per heavy atom. The molecule has 2 aromatic rings. The molecule has 1 aliphatic carbocycles. The lowest BCUT2D eigenvalue weighted by molar-refractivity contribution is -0.120. The number of amides is 2. The fourth-order valence-corrected chi connectivity index (χ4v) is 3.77. The number of hydrogen-bond acceptors (Lipinski definition) is 6. The lowest BCUT2D eigenvalue weighted by atomic mass is 9.86. The van der Waals surface area contributed by atoms with Crippen LogP contribution in [0.5, 0.6) is 5.88 Å². The lowest BCUT2D eigenvalue weighted by Crippen LogP contribution is -2.34. The molecule has 1 unspecified atom stereocenters. The van der Waals surface area contributed by atoms with Crippen LogP contribution in [0.25, 0.3) is 0 Å². The number of aromatic nitrogens is 4. The second-order valence-corrected chi connectivity index (χ2v) is 8.91. The molecule has 0 aromatic carbocycles. The maximum atomic E-state index is 13.0. The van der Waals surface area contributed by atoms with Gasteiger partial charge in [0.2, 0.25) is 5.88 Å². The Morgan fingerprint density at radius 1 is 1.23 bits per heavy atom. The number of nitrogens with one attached hydrogen (secondary N) is 1. The number of anilines is 1. The summed E-state index contributed by atoms with van der Waals surface area (Å²) in [6.07, 6.45) is 5.15. The van der Waals surface area contributed by atoms with E-state index in [-0.39, 0.29) is 34.6 Å². The smallest absolute Gasteiger partial charge is 0.263 e. The Balaban J connectivity index is 1.73. The van der Waals surface area contributed by atoms with Crippen LogP contribution in [0.15, 0.2) is 22.2 Å². The normalized spacial score (nSPS) is 18.9. The van der Waals surface area contributed by atoms with E-state index >= 15 is 0 Å². The van der Waals surface area contributed by atoms with Gasteiger partial charge in [0.1, 0.15) is 11.4 Å². The van der Waals surface area contributed by atoms with Crippen LogP contribution in [0.2, 0.25) is 0 Å². The van der Waals surface area contributed by atoms with Gasteiger partial charge in [0, 0.05) is 30.4 Å². The van der Waals surface area contributed by atoms with Crippen molar-refractivity contribution >= 4 is 29.3 Å². The van der Waals surface area contributed by atoms with Gasteiger partial charge in [0.15, 0.2) is 0 Å². The highest BCUT2D eigenvalue weighted by Crippen LogP contribution is 2.29. The van der Waals surface area contributed by atoms with E-state index in [0.717, 1.165) is 37.1 Å². The molecule has 1 saturated carbocycles. The van der Waals surface area contributed by atoms with Crippen molar-refractivity contribution in [2.75, 3.05) is 12.4 Å². The van der Waals surface area contributed by atoms with E-state index in [9.17, 15) is 9.59 Å². The maximum Gasteiger partial charge on any atom is 0.263 e. The van der Waals surface area contributed by atoms with Gasteiger partial charge in [-0.25, -0.2) is 4.99 Å². The summed E-state index contributed by atoms with van der Waals surface area (Å²) in [5, 5.41) is 11.6. The molecule has 0 saturated heterocycles. The van der Waals surface area contributed by atoms with E-state index in [0.29, 0.717) is 5.82 Å². The van der Waals surface area contributed by atoms with E-state index in [1.807, 2.05) is 20.8 Å². The molecule has 164 valence electrons. The van der Waals surface area contributed by atoms with Crippen molar-refractivity contribution in [3.05, 3.63) is 23.5 Å². The first-order valence-corrected chi connectivity index (χ1v) is 10.4. The molecule has 1 N–H and O–H groups in total. The number of rotatable bonds is 3. The standard InChI is InChI=1S/C21H27N7O3/c1-21(2,3)15-10-16(23-18(30)13-11-27(4)26-19(13)31-5)28(25-15)20-22-14-9-7-6-8-12(14)17(29)24-20/h10-12H,6-9H2,1-5H3,(H,23,30). The van der Waals surface area contributed by atoms with Crippen LogP contribution in [0.3, 0.4) is 0 Å². The van der Waals surface area contributed by atoms with Crippen LogP contribution in [-0.4, -0.2) is 50.2 Å². The molecule has 0 radical (unpaired) electrons. The second kappa shape index (κ2) is 7.75. The summed E-state index contributed by atoms with van der Waals surface area (Å²) in [4.78, 5) is 34.5. The highest BCUT2D eigenvalue weighted by atomic mass is 16.5. The van der Waals surface area contributed by atoms with Crippen molar-refractivity contribution in [3.63, 3.8) is 0 Å². The molecular formula is C21H27N7O3. The topological polar surface area (TPSA) is 116 Å². The number of nitrogens with zero attached hydrogens (tertiary/aromatic N) is 6. The van der Waals surface area contributed by atoms with Crippen LogP contribution >= 0.6 is 0 Å². The number of hydrogen-bond donors (Lipinski definition) is 1. The molecule has 4 rings (SSSR count). The zero-order valence-corrected chi connectivity index (χ0v) is 18.5. The summed E-state index contributed by atoms with van der Waals surface area (Å²) in [5.74, 6) is -0.0465. The Labute approximate surface area is 180 Å². The van der Waals surface area contributed by atoms with Gasteiger partial charge in [-0.05, 0) is 19.3 Å². The van der Waals surface area contributed by atoms with Gasteiger partial charge in [0.05, 0.1) is 18.7 Å². The first kappa shape index (κ1) is 21.0. The first-order chi connectivity index (χ1) is 14.7. The molecule has 10 heteroatoms. The molecule has 10 nitrogen and oxygen atoms in total. The second-order valence-electron chi connectivity index (χ2n) is 8.91. The summed E-state index contributed by atoms with van der Waals surface area (Å²) in [7, 11) is 3.17. The van der Waals surface area contributed by atoms with E-state index in [1.54, 1.807) is 19.3 Å². The monoisotopic (exact) mass is 425 g/mol. The quantitative estimate of drug-likeness (QED) is 0.811. The highest BCUT2D eigenvalue weighted by Gasteiger charge is 2.33. The number of fused-ring (bicyclic) bond motifs is 1. The van der Waals surface area contributed by atoms with Gasteiger partial charge in [-0.2, -0.15) is 14.8 Å². The molecular weight excluding hydrogens is 398 g/mol. The molecule has 0 spiro atoms. The molecule has 1 fully saturated rings.